The van der Waals surface area contributed by atoms with E-state index in [2.05, 4.69) is 15.5 Å². The van der Waals surface area contributed by atoms with Crippen LogP contribution in [0.1, 0.15) is 18.5 Å². The van der Waals surface area contributed by atoms with Gasteiger partial charge in [0.05, 0.1) is 0 Å². The molecule has 1 fully saturated rings. The lowest BCUT2D eigenvalue weighted by molar-refractivity contribution is -0.141. The summed E-state index contributed by atoms with van der Waals surface area (Å²) >= 11 is 0. The van der Waals surface area contributed by atoms with Crippen LogP contribution in [0.2, 0.25) is 0 Å². The van der Waals surface area contributed by atoms with Gasteiger partial charge < -0.3 is 10.1 Å². The first kappa shape index (κ1) is 12.1. The second-order valence-electron chi connectivity index (χ2n) is 3.84. The van der Waals surface area contributed by atoms with E-state index >= 15 is 0 Å². The molecule has 1 aliphatic rings. The Morgan fingerprint density at radius 1 is 1.29 bits per heavy atom. The molecular formula is C10H12F3N3O. The molecule has 0 unspecified atom stereocenters. The first-order valence-electron chi connectivity index (χ1n) is 5.34. The van der Waals surface area contributed by atoms with E-state index in [4.69, 9.17) is 4.74 Å². The number of hydrogen-bond acceptors (Lipinski definition) is 4. The highest BCUT2D eigenvalue weighted by Gasteiger charge is 2.33. The van der Waals surface area contributed by atoms with Crippen LogP contribution in [-0.4, -0.2) is 29.4 Å². The quantitative estimate of drug-likeness (QED) is 0.862. The van der Waals surface area contributed by atoms with Crippen LogP contribution in [0.5, 0.6) is 5.88 Å². The van der Waals surface area contributed by atoms with Crippen LogP contribution >= 0.6 is 0 Å². The van der Waals surface area contributed by atoms with E-state index in [-0.39, 0.29) is 12.0 Å². The Kier molecular flexibility index (Phi) is 3.46. The number of aromatic nitrogens is 2. The van der Waals surface area contributed by atoms with Gasteiger partial charge in [-0.15, -0.1) is 10.2 Å². The molecule has 0 aliphatic carbocycles. The number of hydrogen-bond donors (Lipinski definition) is 1. The van der Waals surface area contributed by atoms with Gasteiger partial charge >= 0.3 is 6.18 Å². The number of alkyl halides is 3. The zero-order chi connectivity index (χ0) is 12.3. The number of rotatable bonds is 2. The smallest absolute Gasteiger partial charge is 0.435 e. The lowest BCUT2D eigenvalue weighted by Crippen LogP contribution is -2.37. The fourth-order valence-corrected chi connectivity index (χ4v) is 1.63. The summed E-state index contributed by atoms with van der Waals surface area (Å²) < 4.78 is 42.1. The first-order valence-corrected chi connectivity index (χ1v) is 5.34. The van der Waals surface area contributed by atoms with Gasteiger partial charge in [0.15, 0.2) is 5.69 Å². The molecule has 0 spiro atoms. The Hall–Kier alpha value is -1.37. The Labute approximate surface area is 96.2 Å². The van der Waals surface area contributed by atoms with Gasteiger partial charge in [0.25, 0.3) is 0 Å². The summed E-state index contributed by atoms with van der Waals surface area (Å²) in [6.45, 7) is 1.63. The van der Waals surface area contributed by atoms with Gasteiger partial charge in [-0.1, -0.05) is 0 Å². The van der Waals surface area contributed by atoms with Gasteiger partial charge in [-0.05, 0) is 25.5 Å². The van der Waals surface area contributed by atoms with Crippen LogP contribution in [0.3, 0.4) is 0 Å². The molecule has 4 nitrogen and oxygen atoms in total. The third-order valence-corrected chi connectivity index (χ3v) is 2.47. The molecule has 94 valence electrons. The van der Waals surface area contributed by atoms with Crippen LogP contribution in [0, 0.1) is 0 Å². The predicted octanol–water partition coefficient (Wildman–Crippen LogP) is 1.63. The van der Waals surface area contributed by atoms with Crippen LogP contribution in [-0.2, 0) is 6.18 Å². The summed E-state index contributed by atoms with van der Waals surface area (Å²) in [4.78, 5) is 0. The van der Waals surface area contributed by atoms with Crippen LogP contribution in [0.15, 0.2) is 12.1 Å². The van der Waals surface area contributed by atoms with Gasteiger partial charge in [0.1, 0.15) is 6.10 Å². The average Bonchev–Trinajstić information content (AvgIpc) is 2.30. The summed E-state index contributed by atoms with van der Waals surface area (Å²) in [5.41, 5.74) is -1.01. The van der Waals surface area contributed by atoms with Crippen molar-refractivity contribution in [3.05, 3.63) is 17.8 Å². The van der Waals surface area contributed by atoms with Crippen molar-refractivity contribution >= 4 is 0 Å². The maximum Gasteiger partial charge on any atom is 0.435 e. The van der Waals surface area contributed by atoms with Crippen molar-refractivity contribution in [1.29, 1.82) is 0 Å². The number of piperidine rings is 1. The molecule has 0 bridgehead atoms. The van der Waals surface area contributed by atoms with E-state index in [1.807, 2.05) is 0 Å². The molecule has 17 heavy (non-hydrogen) atoms. The Bertz CT molecular complexity index is 360. The molecule has 2 heterocycles. The number of halogens is 3. The highest BCUT2D eigenvalue weighted by atomic mass is 19.4. The zero-order valence-corrected chi connectivity index (χ0v) is 9.00. The van der Waals surface area contributed by atoms with E-state index in [9.17, 15) is 13.2 Å². The van der Waals surface area contributed by atoms with Crippen molar-refractivity contribution in [1.82, 2.24) is 15.5 Å². The van der Waals surface area contributed by atoms with E-state index in [1.54, 1.807) is 0 Å². The normalized spacial score (nSPS) is 21.2. The van der Waals surface area contributed by atoms with Gasteiger partial charge in [-0.3, -0.25) is 0 Å². The van der Waals surface area contributed by atoms with Gasteiger partial charge in [0.2, 0.25) is 5.88 Å². The van der Waals surface area contributed by atoms with Gasteiger partial charge in [-0.2, -0.15) is 13.2 Å². The van der Waals surface area contributed by atoms with Crippen molar-refractivity contribution in [3.8, 4) is 5.88 Å². The highest BCUT2D eigenvalue weighted by Crippen LogP contribution is 2.27. The SMILES string of the molecule is FC(F)(F)c1ccc(O[C@H]2CCCNC2)nn1. The molecule has 2 rings (SSSR count). The number of ether oxygens (including phenoxy) is 1. The highest BCUT2D eigenvalue weighted by molar-refractivity contribution is 5.13. The molecule has 1 aromatic heterocycles. The van der Waals surface area contributed by atoms with E-state index < -0.39 is 11.9 Å². The lowest BCUT2D eigenvalue weighted by Gasteiger charge is -2.23. The minimum Gasteiger partial charge on any atom is -0.472 e. The topological polar surface area (TPSA) is 47.0 Å². The molecule has 1 atom stereocenters. The first-order chi connectivity index (χ1) is 8.05. The van der Waals surface area contributed by atoms with Crippen molar-refractivity contribution in [3.63, 3.8) is 0 Å². The molecule has 7 heteroatoms. The molecule has 1 N–H and O–H groups in total. The summed E-state index contributed by atoms with van der Waals surface area (Å²) in [5.74, 6) is 0.131. The van der Waals surface area contributed by atoms with Crippen LogP contribution in [0.25, 0.3) is 0 Å². The molecular weight excluding hydrogens is 235 g/mol. The Morgan fingerprint density at radius 3 is 2.65 bits per heavy atom. The zero-order valence-electron chi connectivity index (χ0n) is 9.00. The van der Waals surface area contributed by atoms with Crippen molar-refractivity contribution in [2.24, 2.45) is 0 Å². The third kappa shape index (κ3) is 3.29. The van der Waals surface area contributed by atoms with Crippen molar-refractivity contribution in [2.45, 2.75) is 25.1 Å². The Balaban J connectivity index is 1.98. The summed E-state index contributed by atoms with van der Waals surface area (Å²) in [6.07, 6.45) is -2.65. The average molecular weight is 247 g/mol. The molecule has 0 amide bonds. The lowest BCUT2D eigenvalue weighted by atomic mass is 10.1. The van der Waals surface area contributed by atoms with Gasteiger partial charge in [0, 0.05) is 12.6 Å². The predicted molar refractivity (Wildman–Crippen MR) is 53.6 cm³/mol. The van der Waals surface area contributed by atoms with Gasteiger partial charge in [-0.25, -0.2) is 0 Å². The number of nitrogens with one attached hydrogen (secondary N) is 1. The maximum absolute atomic E-state index is 12.2. The van der Waals surface area contributed by atoms with E-state index in [0.717, 1.165) is 25.5 Å². The molecule has 0 aromatic carbocycles. The monoisotopic (exact) mass is 247 g/mol. The second kappa shape index (κ2) is 4.87. The molecule has 0 saturated carbocycles. The fraction of sp³-hybridized carbons (Fsp3) is 0.600. The fourth-order valence-electron chi connectivity index (χ4n) is 1.63. The standard InChI is InChI=1S/C10H12F3N3O/c11-10(12,13)8-3-4-9(16-15-8)17-7-2-1-5-14-6-7/h3-4,7,14H,1-2,5-6H2/t7-/m0/s1. The van der Waals surface area contributed by atoms with Crippen molar-refractivity contribution < 1.29 is 17.9 Å². The van der Waals surface area contributed by atoms with Crippen LogP contribution < -0.4 is 10.1 Å². The Morgan fingerprint density at radius 2 is 2.12 bits per heavy atom. The second-order valence-corrected chi connectivity index (χ2v) is 3.84. The maximum atomic E-state index is 12.2. The van der Waals surface area contributed by atoms with Crippen LogP contribution in [0.4, 0.5) is 13.2 Å². The molecule has 1 saturated heterocycles. The van der Waals surface area contributed by atoms with E-state index in [1.165, 1.54) is 6.07 Å². The number of nitrogens with zero attached hydrogens (tertiary/aromatic N) is 2. The minimum atomic E-state index is -4.46. The summed E-state index contributed by atoms with van der Waals surface area (Å²) in [5, 5.41) is 9.65. The molecule has 1 aromatic rings. The molecule has 0 radical (unpaired) electrons. The molecule has 1 aliphatic heterocycles. The summed E-state index contributed by atoms with van der Waals surface area (Å²) in [6, 6.07) is 2.07. The largest absolute Gasteiger partial charge is 0.472 e. The van der Waals surface area contributed by atoms with E-state index in [0.29, 0.717) is 6.54 Å². The third-order valence-electron chi connectivity index (χ3n) is 2.47. The minimum absolute atomic E-state index is 0.0465. The van der Waals surface area contributed by atoms with Crippen molar-refractivity contribution in [2.75, 3.05) is 13.1 Å². The summed E-state index contributed by atoms with van der Waals surface area (Å²) in [7, 11) is 0.